The highest BCUT2D eigenvalue weighted by atomic mass is 32.2. The van der Waals surface area contributed by atoms with Crippen LogP contribution >= 0.6 is 0 Å². The summed E-state index contributed by atoms with van der Waals surface area (Å²) in [5.74, 6) is -0.286. The molecule has 0 saturated carbocycles. The molecule has 0 saturated heterocycles. The molecule has 0 fully saturated rings. The Morgan fingerprint density at radius 3 is 2.68 bits per heavy atom. The Morgan fingerprint density at radius 1 is 1.14 bits per heavy atom. The fraction of sp³-hybridized carbons (Fsp3) is 0.176. The number of hydrogen-bond acceptors (Lipinski definition) is 2. The van der Waals surface area contributed by atoms with Crippen LogP contribution in [0.2, 0.25) is 0 Å². The summed E-state index contributed by atoms with van der Waals surface area (Å²) in [5, 5.41) is 1.17. The second-order valence-corrected chi connectivity index (χ2v) is 6.91. The van der Waals surface area contributed by atoms with Gasteiger partial charge in [-0.25, -0.2) is 17.5 Å². The molecule has 0 spiro atoms. The highest BCUT2D eigenvalue weighted by Gasteiger charge is 2.25. The number of rotatable bonds is 4. The molecule has 5 heteroatoms. The van der Waals surface area contributed by atoms with E-state index in [4.69, 9.17) is 0 Å². The molecule has 1 atom stereocenters. The van der Waals surface area contributed by atoms with E-state index < -0.39 is 10.0 Å². The molecule has 22 heavy (non-hydrogen) atoms. The summed E-state index contributed by atoms with van der Waals surface area (Å²) in [6.07, 6.45) is 2.89. The van der Waals surface area contributed by atoms with Crippen molar-refractivity contribution in [2.24, 2.45) is 0 Å². The molecule has 1 unspecified atom stereocenters. The van der Waals surface area contributed by atoms with Crippen molar-refractivity contribution in [3.05, 3.63) is 76.4 Å². The van der Waals surface area contributed by atoms with E-state index in [-0.39, 0.29) is 11.9 Å². The van der Waals surface area contributed by atoms with Crippen LogP contribution < -0.4 is 4.72 Å². The lowest BCUT2D eigenvalue weighted by molar-refractivity contribution is 0.563. The van der Waals surface area contributed by atoms with Gasteiger partial charge in [0.15, 0.2) is 0 Å². The maximum Gasteiger partial charge on any atom is 0.234 e. The minimum Gasteiger partial charge on any atom is -0.208 e. The number of hydrogen-bond donors (Lipinski definition) is 1. The largest absolute Gasteiger partial charge is 0.234 e. The molecule has 0 aromatic heterocycles. The lowest BCUT2D eigenvalue weighted by Gasteiger charge is -2.12. The van der Waals surface area contributed by atoms with Gasteiger partial charge in [-0.15, -0.1) is 0 Å². The van der Waals surface area contributed by atoms with E-state index in [2.05, 4.69) is 4.72 Å². The quantitative estimate of drug-likeness (QED) is 0.939. The first kappa shape index (κ1) is 14.9. The van der Waals surface area contributed by atoms with E-state index >= 15 is 0 Å². The topological polar surface area (TPSA) is 46.2 Å². The molecule has 0 aliphatic heterocycles. The van der Waals surface area contributed by atoms with Crippen molar-refractivity contribution in [3.63, 3.8) is 0 Å². The molecule has 2 aromatic carbocycles. The van der Waals surface area contributed by atoms with Crippen LogP contribution in [0.4, 0.5) is 4.39 Å². The summed E-state index contributed by atoms with van der Waals surface area (Å²) in [5.41, 5.74) is 2.56. The average molecular weight is 317 g/mol. The van der Waals surface area contributed by atoms with Crippen LogP contribution in [0.1, 0.15) is 29.2 Å². The molecule has 0 amide bonds. The number of aryl methyl sites for hydroxylation is 1. The Bertz CT molecular complexity index is 801. The molecule has 2 aromatic rings. The standard InChI is InChI=1S/C17H16FNO2S/c18-15-7-8-16-14(12-15)6-9-17(16)19-22(20,21)11-10-13-4-2-1-3-5-13/h1-5,7-8,10-12,17,19H,6,9H2/b11-10+. The Kier molecular flexibility index (Phi) is 4.09. The third-order valence-electron chi connectivity index (χ3n) is 3.73. The van der Waals surface area contributed by atoms with Crippen LogP contribution in [0.3, 0.4) is 0 Å². The third kappa shape index (κ3) is 3.43. The van der Waals surface area contributed by atoms with Crippen molar-refractivity contribution < 1.29 is 12.8 Å². The summed E-state index contributed by atoms with van der Waals surface area (Å²) >= 11 is 0. The second-order valence-electron chi connectivity index (χ2n) is 5.31. The van der Waals surface area contributed by atoms with Crippen LogP contribution in [0, 0.1) is 5.82 Å². The highest BCUT2D eigenvalue weighted by Crippen LogP contribution is 2.32. The van der Waals surface area contributed by atoms with Crippen molar-refractivity contribution in [1.82, 2.24) is 4.72 Å². The van der Waals surface area contributed by atoms with Crippen molar-refractivity contribution in [2.75, 3.05) is 0 Å². The molecule has 3 nitrogen and oxygen atoms in total. The van der Waals surface area contributed by atoms with Crippen molar-refractivity contribution in [1.29, 1.82) is 0 Å². The Morgan fingerprint density at radius 2 is 1.91 bits per heavy atom. The van der Waals surface area contributed by atoms with Gasteiger partial charge < -0.3 is 0 Å². The molecule has 1 aliphatic carbocycles. The predicted octanol–water partition coefficient (Wildman–Crippen LogP) is 3.40. The number of benzene rings is 2. The molecule has 0 bridgehead atoms. The van der Waals surface area contributed by atoms with Gasteiger partial charge in [-0.3, -0.25) is 0 Å². The zero-order chi connectivity index (χ0) is 15.6. The molecule has 1 N–H and O–H groups in total. The monoisotopic (exact) mass is 317 g/mol. The van der Waals surface area contributed by atoms with Gasteiger partial charge in [-0.2, -0.15) is 0 Å². The smallest absolute Gasteiger partial charge is 0.208 e. The van der Waals surface area contributed by atoms with Gasteiger partial charge in [0.05, 0.1) is 0 Å². The van der Waals surface area contributed by atoms with Crippen molar-refractivity contribution in [3.8, 4) is 0 Å². The fourth-order valence-electron chi connectivity index (χ4n) is 2.68. The zero-order valence-corrected chi connectivity index (χ0v) is 12.7. The second kappa shape index (κ2) is 6.02. The Balaban J connectivity index is 1.75. The summed E-state index contributed by atoms with van der Waals surface area (Å²) < 4.78 is 40.2. The third-order valence-corrected chi connectivity index (χ3v) is 4.84. The molecule has 3 rings (SSSR count). The predicted molar refractivity (Wildman–Crippen MR) is 85.0 cm³/mol. The molecular formula is C17H16FNO2S. The lowest BCUT2D eigenvalue weighted by Crippen LogP contribution is -2.25. The number of sulfonamides is 1. The molecule has 1 aliphatic rings. The normalized spacial score (nSPS) is 17.8. The van der Waals surface area contributed by atoms with Crippen LogP contribution in [0.25, 0.3) is 6.08 Å². The Hall–Kier alpha value is -1.98. The summed E-state index contributed by atoms with van der Waals surface area (Å²) in [6, 6.07) is 13.4. The van der Waals surface area contributed by atoms with E-state index in [1.54, 1.807) is 12.1 Å². The molecule has 114 valence electrons. The fourth-order valence-corrected chi connectivity index (χ4v) is 3.73. The highest BCUT2D eigenvalue weighted by molar-refractivity contribution is 7.92. The molecule has 0 radical (unpaired) electrons. The number of nitrogens with one attached hydrogen (secondary N) is 1. The van der Waals surface area contributed by atoms with E-state index in [9.17, 15) is 12.8 Å². The van der Waals surface area contributed by atoms with Crippen molar-refractivity contribution in [2.45, 2.75) is 18.9 Å². The minimum atomic E-state index is -3.54. The van der Waals surface area contributed by atoms with Gasteiger partial charge in [0, 0.05) is 11.4 Å². The average Bonchev–Trinajstić information content (AvgIpc) is 2.88. The van der Waals surface area contributed by atoms with Gasteiger partial charge in [-0.1, -0.05) is 36.4 Å². The zero-order valence-electron chi connectivity index (χ0n) is 11.9. The lowest BCUT2D eigenvalue weighted by atomic mass is 10.1. The first-order valence-electron chi connectivity index (χ1n) is 7.07. The van der Waals surface area contributed by atoms with Crippen LogP contribution in [0.15, 0.2) is 53.9 Å². The summed E-state index contributed by atoms with van der Waals surface area (Å²) in [7, 11) is -3.54. The molecule has 0 heterocycles. The summed E-state index contributed by atoms with van der Waals surface area (Å²) in [4.78, 5) is 0. The maximum absolute atomic E-state index is 13.2. The summed E-state index contributed by atoms with van der Waals surface area (Å²) in [6.45, 7) is 0. The van der Waals surface area contributed by atoms with E-state index in [1.165, 1.54) is 17.5 Å². The van der Waals surface area contributed by atoms with E-state index in [0.717, 1.165) is 16.7 Å². The first-order chi connectivity index (χ1) is 10.5. The van der Waals surface area contributed by atoms with E-state index in [0.29, 0.717) is 12.8 Å². The Labute approximate surface area is 129 Å². The SMILES string of the molecule is O=S(=O)(/C=C/c1ccccc1)NC1CCc2cc(F)ccc21. The van der Waals surface area contributed by atoms with Crippen molar-refractivity contribution >= 4 is 16.1 Å². The maximum atomic E-state index is 13.2. The van der Waals surface area contributed by atoms with Gasteiger partial charge in [-0.05, 0) is 47.7 Å². The van der Waals surface area contributed by atoms with Gasteiger partial charge >= 0.3 is 0 Å². The number of halogens is 1. The van der Waals surface area contributed by atoms with Gasteiger partial charge in [0.1, 0.15) is 5.82 Å². The number of fused-ring (bicyclic) bond motifs is 1. The molecular weight excluding hydrogens is 301 g/mol. The van der Waals surface area contributed by atoms with Crippen LogP contribution in [-0.2, 0) is 16.4 Å². The van der Waals surface area contributed by atoms with Gasteiger partial charge in [0.2, 0.25) is 10.0 Å². The van der Waals surface area contributed by atoms with Gasteiger partial charge in [0.25, 0.3) is 0 Å². The van der Waals surface area contributed by atoms with Crippen LogP contribution in [-0.4, -0.2) is 8.42 Å². The first-order valence-corrected chi connectivity index (χ1v) is 8.62. The minimum absolute atomic E-state index is 0.286. The van der Waals surface area contributed by atoms with Crippen LogP contribution in [0.5, 0.6) is 0 Å². The van der Waals surface area contributed by atoms with E-state index in [1.807, 2.05) is 30.3 Å².